The number of hydrogen-bond acceptors (Lipinski definition) is 4. The van der Waals surface area contributed by atoms with E-state index >= 15 is 0 Å². The van der Waals surface area contributed by atoms with Crippen LogP contribution in [0.25, 0.3) is 11.1 Å². The van der Waals surface area contributed by atoms with Crippen molar-refractivity contribution in [1.29, 1.82) is 0 Å². The van der Waals surface area contributed by atoms with Crippen LogP contribution < -0.4 is 5.73 Å². The fraction of sp³-hybridized carbons (Fsp3) is 0.364. The molecule has 1 heterocycles. The number of oxazole rings is 1. The second kappa shape index (κ2) is 4.42. The minimum absolute atomic E-state index is 0.380. The van der Waals surface area contributed by atoms with E-state index in [1.807, 2.05) is 25.1 Å². The number of ether oxygens (including phenoxy) is 1. The summed E-state index contributed by atoms with van der Waals surface area (Å²) in [5.74, 6) is 0.604. The first-order valence-electron chi connectivity index (χ1n) is 4.94. The maximum atomic E-state index is 5.57. The van der Waals surface area contributed by atoms with Gasteiger partial charge in [0.05, 0.1) is 6.61 Å². The predicted molar refractivity (Wildman–Crippen MR) is 57.5 cm³/mol. The number of benzene rings is 1. The van der Waals surface area contributed by atoms with Gasteiger partial charge in [-0.1, -0.05) is 12.1 Å². The molecule has 2 N–H and O–H groups in total. The molecule has 0 bridgehead atoms. The molecule has 0 saturated heterocycles. The average Bonchev–Trinajstić information content (AvgIpc) is 2.63. The first kappa shape index (κ1) is 10.1. The van der Waals surface area contributed by atoms with Gasteiger partial charge in [0.25, 0.3) is 0 Å². The lowest BCUT2D eigenvalue weighted by atomic mass is 10.2. The van der Waals surface area contributed by atoms with E-state index in [-0.39, 0.29) is 0 Å². The smallest absolute Gasteiger partial charge is 0.221 e. The third-order valence-electron chi connectivity index (χ3n) is 2.14. The molecule has 80 valence electrons. The van der Waals surface area contributed by atoms with Gasteiger partial charge in [-0.2, -0.15) is 0 Å². The SMILES string of the molecule is Cc1cccc2nc(COCCN)oc12. The Balaban J connectivity index is 2.20. The number of aryl methyl sites for hydroxylation is 1. The van der Waals surface area contributed by atoms with Crippen molar-refractivity contribution in [1.82, 2.24) is 4.98 Å². The molecular formula is C11H14N2O2. The molecule has 0 aliphatic heterocycles. The van der Waals surface area contributed by atoms with E-state index in [0.29, 0.717) is 25.6 Å². The number of fused-ring (bicyclic) bond motifs is 1. The second-order valence-corrected chi connectivity index (χ2v) is 3.37. The minimum atomic E-state index is 0.380. The number of nitrogens with zero attached hydrogens (tertiary/aromatic N) is 1. The van der Waals surface area contributed by atoms with Crippen LogP contribution in [0.3, 0.4) is 0 Å². The van der Waals surface area contributed by atoms with E-state index < -0.39 is 0 Å². The van der Waals surface area contributed by atoms with Crippen molar-refractivity contribution >= 4 is 11.1 Å². The minimum Gasteiger partial charge on any atom is -0.438 e. The highest BCUT2D eigenvalue weighted by molar-refractivity contribution is 5.75. The third-order valence-corrected chi connectivity index (χ3v) is 2.14. The number of nitrogens with two attached hydrogens (primary N) is 1. The van der Waals surface area contributed by atoms with Crippen LogP contribution in [0.2, 0.25) is 0 Å². The molecule has 0 radical (unpaired) electrons. The molecule has 2 rings (SSSR count). The highest BCUT2D eigenvalue weighted by atomic mass is 16.5. The van der Waals surface area contributed by atoms with Crippen LogP contribution in [-0.2, 0) is 11.3 Å². The fourth-order valence-corrected chi connectivity index (χ4v) is 1.44. The molecule has 0 fully saturated rings. The zero-order chi connectivity index (χ0) is 10.7. The fourth-order valence-electron chi connectivity index (χ4n) is 1.44. The third kappa shape index (κ3) is 2.16. The Bertz CT molecular complexity index is 451. The summed E-state index contributed by atoms with van der Waals surface area (Å²) < 4.78 is 10.8. The summed E-state index contributed by atoms with van der Waals surface area (Å²) >= 11 is 0. The highest BCUT2D eigenvalue weighted by Gasteiger charge is 2.06. The number of para-hydroxylation sites is 1. The summed E-state index contributed by atoms with van der Waals surface area (Å²) in [6, 6.07) is 5.89. The summed E-state index contributed by atoms with van der Waals surface area (Å²) in [6.45, 7) is 3.42. The van der Waals surface area contributed by atoms with Crippen LogP contribution >= 0.6 is 0 Å². The van der Waals surface area contributed by atoms with Crippen molar-refractivity contribution in [2.75, 3.05) is 13.2 Å². The molecule has 1 aromatic heterocycles. The van der Waals surface area contributed by atoms with Gasteiger partial charge in [-0.05, 0) is 18.6 Å². The zero-order valence-corrected chi connectivity index (χ0v) is 8.69. The van der Waals surface area contributed by atoms with Crippen molar-refractivity contribution in [2.45, 2.75) is 13.5 Å². The van der Waals surface area contributed by atoms with Crippen LogP contribution in [-0.4, -0.2) is 18.1 Å². The molecule has 15 heavy (non-hydrogen) atoms. The first-order valence-corrected chi connectivity index (χ1v) is 4.94. The molecule has 0 aliphatic rings. The van der Waals surface area contributed by atoms with Crippen LogP contribution in [0.1, 0.15) is 11.5 Å². The lowest BCUT2D eigenvalue weighted by Gasteiger charge is -1.96. The summed E-state index contributed by atoms with van der Waals surface area (Å²) in [7, 11) is 0. The van der Waals surface area contributed by atoms with Gasteiger partial charge in [0.15, 0.2) is 5.58 Å². The quantitative estimate of drug-likeness (QED) is 0.772. The van der Waals surface area contributed by atoms with Gasteiger partial charge in [-0.25, -0.2) is 4.98 Å². The maximum absolute atomic E-state index is 5.57. The average molecular weight is 206 g/mol. The van der Waals surface area contributed by atoms with Gasteiger partial charge >= 0.3 is 0 Å². The van der Waals surface area contributed by atoms with Crippen LogP contribution in [0.4, 0.5) is 0 Å². The normalized spacial score (nSPS) is 11.1. The molecule has 0 atom stereocenters. The Morgan fingerprint density at radius 1 is 1.47 bits per heavy atom. The molecule has 1 aromatic carbocycles. The summed E-state index contributed by atoms with van der Waals surface area (Å²) in [5, 5.41) is 0. The van der Waals surface area contributed by atoms with Crippen molar-refractivity contribution in [2.24, 2.45) is 5.73 Å². The summed E-state index contributed by atoms with van der Waals surface area (Å²) in [4.78, 5) is 4.31. The molecule has 0 aliphatic carbocycles. The van der Waals surface area contributed by atoms with E-state index in [2.05, 4.69) is 4.98 Å². The Hall–Kier alpha value is -1.39. The van der Waals surface area contributed by atoms with Gasteiger partial charge in [0.1, 0.15) is 12.1 Å². The van der Waals surface area contributed by atoms with E-state index in [1.54, 1.807) is 0 Å². The van der Waals surface area contributed by atoms with Crippen molar-refractivity contribution in [3.8, 4) is 0 Å². The molecule has 2 aromatic rings. The van der Waals surface area contributed by atoms with Gasteiger partial charge in [-0.15, -0.1) is 0 Å². The lowest BCUT2D eigenvalue weighted by molar-refractivity contribution is 0.110. The van der Waals surface area contributed by atoms with Crippen LogP contribution in [0.5, 0.6) is 0 Å². The molecule has 0 amide bonds. The Labute approximate surface area is 88.0 Å². The van der Waals surface area contributed by atoms with E-state index in [0.717, 1.165) is 16.7 Å². The van der Waals surface area contributed by atoms with Gasteiger partial charge < -0.3 is 14.9 Å². The topological polar surface area (TPSA) is 61.3 Å². The van der Waals surface area contributed by atoms with Gasteiger partial charge in [0, 0.05) is 6.54 Å². The molecule has 0 spiro atoms. The molecular weight excluding hydrogens is 192 g/mol. The number of rotatable bonds is 4. The molecule has 4 nitrogen and oxygen atoms in total. The van der Waals surface area contributed by atoms with E-state index in [9.17, 15) is 0 Å². The highest BCUT2D eigenvalue weighted by Crippen LogP contribution is 2.19. The Morgan fingerprint density at radius 2 is 2.33 bits per heavy atom. The molecule has 0 saturated carbocycles. The van der Waals surface area contributed by atoms with Crippen molar-refractivity contribution in [3.05, 3.63) is 29.7 Å². The predicted octanol–water partition coefficient (Wildman–Crippen LogP) is 1.61. The zero-order valence-electron chi connectivity index (χ0n) is 8.69. The molecule has 0 unspecified atom stereocenters. The van der Waals surface area contributed by atoms with Crippen LogP contribution in [0.15, 0.2) is 22.6 Å². The second-order valence-electron chi connectivity index (χ2n) is 3.37. The largest absolute Gasteiger partial charge is 0.438 e. The van der Waals surface area contributed by atoms with E-state index in [1.165, 1.54) is 0 Å². The summed E-state index contributed by atoms with van der Waals surface area (Å²) in [5.41, 5.74) is 8.12. The lowest BCUT2D eigenvalue weighted by Crippen LogP contribution is -2.08. The van der Waals surface area contributed by atoms with Crippen molar-refractivity contribution < 1.29 is 9.15 Å². The maximum Gasteiger partial charge on any atom is 0.221 e. The van der Waals surface area contributed by atoms with Crippen molar-refractivity contribution in [3.63, 3.8) is 0 Å². The summed E-state index contributed by atoms with van der Waals surface area (Å²) in [6.07, 6.45) is 0. The van der Waals surface area contributed by atoms with Gasteiger partial charge in [0.2, 0.25) is 5.89 Å². The standard InChI is InChI=1S/C11H14N2O2/c1-8-3-2-4-9-11(8)15-10(13-9)7-14-6-5-12/h2-4H,5-7,12H2,1H3. The monoisotopic (exact) mass is 206 g/mol. The Morgan fingerprint density at radius 3 is 3.07 bits per heavy atom. The Kier molecular flexibility index (Phi) is 2.99. The number of aromatic nitrogens is 1. The van der Waals surface area contributed by atoms with Crippen LogP contribution in [0, 0.1) is 6.92 Å². The number of hydrogen-bond donors (Lipinski definition) is 1. The van der Waals surface area contributed by atoms with Gasteiger partial charge in [-0.3, -0.25) is 0 Å². The first-order chi connectivity index (χ1) is 7.31. The van der Waals surface area contributed by atoms with E-state index in [4.69, 9.17) is 14.9 Å². The molecule has 4 heteroatoms.